The Kier molecular flexibility index (Phi) is 8.78. The lowest BCUT2D eigenvalue weighted by atomic mass is 9.65. The number of fused-ring (bicyclic) bond motifs is 16. The maximum Gasteiger partial charge on any atom is 0.143 e. The van der Waals surface area contributed by atoms with Gasteiger partial charge in [0.2, 0.25) is 0 Å². The van der Waals surface area contributed by atoms with E-state index in [1.807, 2.05) is 12.1 Å². The Morgan fingerprint density at radius 3 is 1.79 bits per heavy atom. The van der Waals surface area contributed by atoms with E-state index in [1.54, 1.807) is 0 Å². The van der Waals surface area contributed by atoms with Gasteiger partial charge in [0.25, 0.3) is 0 Å². The average molecular weight is 942 g/mol. The predicted octanol–water partition coefficient (Wildman–Crippen LogP) is 18.7. The van der Waals surface area contributed by atoms with Crippen LogP contribution >= 0.6 is 11.6 Å². The first-order valence-corrected chi connectivity index (χ1v) is 25.3. The fourth-order valence-electron chi connectivity index (χ4n) is 13.1. The van der Waals surface area contributed by atoms with Crippen LogP contribution in [0.4, 0.5) is 0 Å². The van der Waals surface area contributed by atoms with Crippen LogP contribution in [0.1, 0.15) is 69.8 Å². The quantitative estimate of drug-likeness (QED) is 0.160. The summed E-state index contributed by atoms with van der Waals surface area (Å²) in [6.45, 7) is 4.70. The average Bonchev–Trinajstić information content (AvgIpc) is 4.03. The lowest BCUT2D eigenvalue weighted by Crippen LogP contribution is -2.32. The zero-order valence-electron chi connectivity index (χ0n) is 39.7. The monoisotopic (exact) mass is 940 g/mol. The van der Waals surface area contributed by atoms with Gasteiger partial charge >= 0.3 is 0 Å². The van der Waals surface area contributed by atoms with Crippen molar-refractivity contribution in [2.75, 3.05) is 0 Å². The van der Waals surface area contributed by atoms with Crippen molar-refractivity contribution in [1.29, 1.82) is 0 Å². The molecule has 3 aliphatic rings. The van der Waals surface area contributed by atoms with E-state index in [0.29, 0.717) is 5.02 Å². The third-order valence-corrected chi connectivity index (χ3v) is 16.6. The lowest BCUT2D eigenvalue weighted by molar-refractivity contribution is 0.435. The SMILES string of the molecule is CC1(C)c2ccccc2-c2ccc(-c3ccc(C(c4ccc5c(c4)Oc4ccc(Cl)cc4C54c5ccccc5-c5ccccc54)c4cc(-c5cccc6ccccc56)c5oc6ccccc6c5c4)cc3)cc21. The van der Waals surface area contributed by atoms with Crippen LogP contribution in [0.25, 0.3) is 77.2 Å². The molecule has 15 rings (SSSR count). The second kappa shape index (κ2) is 15.3. The van der Waals surface area contributed by atoms with Crippen LogP contribution in [0.2, 0.25) is 5.02 Å². The summed E-state index contributed by atoms with van der Waals surface area (Å²) < 4.78 is 14.0. The Labute approximate surface area is 423 Å². The standard InChI is InChI=1S/C69H45ClO2/c1-68(2)57-22-9-5-17-50(57)53-33-30-44(38-61(53)68)41-26-28-43(29-27-41)66(46-36-55(49-21-13-15-42-14-3-4-16-48(42)49)67-56(37-46)54-20-8-12-25-63(54)72-67)45-31-34-60-65(39-45)71-64-35-32-47(70)40-62(64)69(60)58-23-10-6-18-51(58)52-19-7-11-24-59(52)69/h3-40,66H,1-2H3. The van der Waals surface area contributed by atoms with E-state index >= 15 is 0 Å². The van der Waals surface area contributed by atoms with E-state index in [2.05, 4.69) is 232 Å². The van der Waals surface area contributed by atoms with Crippen molar-refractivity contribution in [3.63, 3.8) is 0 Å². The van der Waals surface area contributed by atoms with Gasteiger partial charge in [-0.2, -0.15) is 0 Å². The highest BCUT2D eigenvalue weighted by atomic mass is 35.5. The zero-order valence-corrected chi connectivity index (χ0v) is 40.5. The molecule has 72 heavy (non-hydrogen) atoms. The van der Waals surface area contributed by atoms with Gasteiger partial charge in [0.05, 0.1) is 5.41 Å². The van der Waals surface area contributed by atoms with E-state index in [1.165, 1.54) is 72.0 Å². The maximum absolute atomic E-state index is 7.15. The highest BCUT2D eigenvalue weighted by Crippen LogP contribution is 2.63. The topological polar surface area (TPSA) is 22.4 Å². The Hall–Kier alpha value is -8.43. The van der Waals surface area contributed by atoms with Gasteiger partial charge in [-0.15, -0.1) is 0 Å². The molecule has 0 amide bonds. The van der Waals surface area contributed by atoms with Gasteiger partial charge in [-0.05, 0) is 137 Å². The molecule has 0 saturated heterocycles. The molecule has 11 aromatic carbocycles. The van der Waals surface area contributed by atoms with Crippen LogP contribution in [-0.2, 0) is 10.8 Å². The number of halogens is 1. The van der Waals surface area contributed by atoms with Crippen LogP contribution in [0.3, 0.4) is 0 Å². The van der Waals surface area contributed by atoms with E-state index in [0.717, 1.165) is 66.8 Å². The number of hydrogen-bond donors (Lipinski definition) is 0. The van der Waals surface area contributed by atoms with E-state index in [-0.39, 0.29) is 11.3 Å². The largest absolute Gasteiger partial charge is 0.457 e. The van der Waals surface area contributed by atoms with Gasteiger partial charge < -0.3 is 9.15 Å². The van der Waals surface area contributed by atoms with Gasteiger partial charge in [-0.1, -0.05) is 207 Å². The molecule has 12 aromatic rings. The summed E-state index contributed by atoms with van der Waals surface area (Å²) in [6, 6.07) is 84.4. The summed E-state index contributed by atoms with van der Waals surface area (Å²) in [4.78, 5) is 0. The second-order valence-electron chi connectivity index (χ2n) is 20.4. The molecule has 0 fully saturated rings. The molecular formula is C69H45ClO2. The van der Waals surface area contributed by atoms with Gasteiger partial charge in [0, 0.05) is 43.8 Å². The van der Waals surface area contributed by atoms with Crippen molar-refractivity contribution < 1.29 is 9.15 Å². The van der Waals surface area contributed by atoms with Crippen molar-refractivity contribution in [2.24, 2.45) is 0 Å². The van der Waals surface area contributed by atoms with Crippen molar-refractivity contribution in [3.05, 3.63) is 286 Å². The first-order chi connectivity index (χ1) is 35.3. The molecule has 0 bridgehead atoms. The van der Waals surface area contributed by atoms with Crippen LogP contribution in [0.5, 0.6) is 11.5 Å². The predicted molar refractivity (Wildman–Crippen MR) is 296 cm³/mol. The summed E-state index contributed by atoms with van der Waals surface area (Å²) in [5.74, 6) is 1.45. The lowest BCUT2D eigenvalue weighted by Gasteiger charge is -2.40. The van der Waals surface area contributed by atoms with Gasteiger partial charge in [0.1, 0.15) is 22.7 Å². The molecule has 2 heterocycles. The molecular weight excluding hydrogens is 896 g/mol. The molecule has 1 spiro atoms. The second-order valence-corrected chi connectivity index (χ2v) is 20.8. The first-order valence-electron chi connectivity index (χ1n) is 24.9. The van der Waals surface area contributed by atoms with Gasteiger partial charge in [-0.3, -0.25) is 0 Å². The summed E-state index contributed by atoms with van der Waals surface area (Å²) in [7, 11) is 0. The van der Waals surface area contributed by atoms with Crippen molar-refractivity contribution in [3.8, 4) is 56.0 Å². The molecule has 1 aliphatic heterocycles. The van der Waals surface area contributed by atoms with Crippen molar-refractivity contribution in [1.82, 2.24) is 0 Å². The fraction of sp³-hybridized carbons (Fsp3) is 0.0725. The normalized spacial score (nSPS) is 14.6. The van der Waals surface area contributed by atoms with Crippen molar-refractivity contribution in [2.45, 2.75) is 30.6 Å². The zero-order chi connectivity index (χ0) is 47.9. The number of ether oxygens (including phenoxy) is 1. The Morgan fingerprint density at radius 2 is 1.00 bits per heavy atom. The van der Waals surface area contributed by atoms with Gasteiger partial charge in [0.15, 0.2) is 0 Å². The highest BCUT2D eigenvalue weighted by Gasteiger charge is 2.51. The minimum absolute atomic E-state index is 0.0901. The molecule has 3 heteroatoms. The molecule has 1 aromatic heterocycles. The Balaban J connectivity index is 0.958. The van der Waals surface area contributed by atoms with Crippen LogP contribution in [-0.4, -0.2) is 0 Å². The summed E-state index contributed by atoms with van der Waals surface area (Å²) in [5, 5.41) is 5.24. The smallest absolute Gasteiger partial charge is 0.143 e. The molecule has 0 saturated carbocycles. The number of furan rings is 1. The summed E-state index contributed by atoms with van der Waals surface area (Å²) in [6.07, 6.45) is 0. The minimum atomic E-state index is -0.640. The van der Waals surface area contributed by atoms with E-state index < -0.39 is 5.41 Å². The third kappa shape index (κ3) is 5.79. The minimum Gasteiger partial charge on any atom is -0.457 e. The third-order valence-electron chi connectivity index (χ3n) is 16.3. The van der Waals surface area contributed by atoms with Gasteiger partial charge in [-0.25, -0.2) is 0 Å². The van der Waals surface area contributed by atoms with Crippen LogP contribution in [0.15, 0.2) is 235 Å². The molecule has 1 unspecified atom stereocenters. The molecule has 340 valence electrons. The Bertz CT molecular complexity index is 4200. The number of hydrogen-bond acceptors (Lipinski definition) is 2. The molecule has 2 nitrogen and oxygen atoms in total. The van der Waals surface area contributed by atoms with Crippen molar-refractivity contribution >= 4 is 44.3 Å². The number of para-hydroxylation sites is 1. The molecule has 0 N–H and O–H groups in total. The molecule has 0 radical (unpaired) electrons. The molecule has 1 atom stereocenters. The number of benzene rings is 11. The van der Waals surface area contributed by atoms with Crippen LogP contribution in [0, 0.1) is 0 Å². The summed E-state index contributed by atoms with van der Waals surface area (Å²) >= 11 is 6.93. The first kappa shape index (κ1) is 41.4. The fourth-order valence-corrected chi connectivity index (χ4v) is 13.3. The maximum atomic E-state index is 7.15. The highest BCUT2D eigenvalue weighted by molar-refractivity contribution is 6.30. The Morgan fingerprint density at radius 1 is 0.375 bits per heavy atom. The van der Waals surface area contributed by atoms with Crippen LogP contribution < -0.4 is 4.74 Å². The summed E-state index contributed by atoms with van der Waals surface area (Å²) in [5.41, 5.74) is 21.6. The number of rotatable bonds is 5. The van der Waals surface area contributed by atoms with E-state index in [4.69, 9.17) is 20.8 Å². The van der Waals surface area contributed by atoms with E-state index in [9.17, 15) is 0 Å². The molecule has 2 aliphatic carbocycles.